The zero-order valence-corrected chi connectivity index (χ0v) is 20.3. The van der Waals surface area contributed by atoms with E-state index in [4.69, 9.17) is 9.47 Å². The third kappa shape index (κ3) is 5.61. The Morgan fingerprint density at radius 3 is 1.37 bits per heavy atom. The van der Waals surface area contributed by atoms with Crippen LogP contribution >= 0.6 is 0 Å². The van der Waals surface area contributed by atoms with Gasteiger partial charge in [-0.25, -0.2) is 8.78 Å². The number of benzene rings is 2. The van der Waals surface area contributed by atoms with Gasteiger partial charge in [-0.05, 0) is 35.4 Å². The number of ether oxygens (including phenoxy) is 2. The first kappa shape index (κ1) is 24.4. The highest BCUT2D eigenvalue weighted by Gasteiger charge is 2.72. The van der Waals surface area contributed by atoms with Crippen molar-refractivity contribution in [2.75, 3.05) is 78.7 Å². The Bertz CT molecular complexity index is 875. The van der Waals surface area contributed by atoms with Crippen LogP contribution in [0.15, 0.2) is 48.5 Å². The molecule has 35 heavy (non-hydrogen) atoms. The van der Waals surface area contributed by atoms with Crippen molar-refractivity contribution in [3.8, 4) is 11.5 Å². The molecule has 1 saturated carbocycles. The van der Waals surface area contributed by atoms with E-state index >= 15 is 0 Å². The van der Waals surface area contributed by atoms with E-state index in [0.717, 1.165) is 76.9 Å². The highest BCUT2D eigenvalue weighted by molar-refractivity contribution is 5.52. The molecule has 2 aliphatic heterocycles. The summed E-state index contributed by atoms with van der Waals surface area (Å²) in [4.78, 5) is 4.73. The number of nitrogens with zero attached hydrogens (tertiary/aromatic N) is 2. The minimum Gasteiger partial charge on any atom is -0.492 e. The number of piperazine rings is 2. The van der Waals surface area contributed by atoms with Crippen molar-refractivity contribution >= 4 is 0 Å². The fourth-order valence-electron chi connectivity index (χ4n) is 5.21. The molecule has 8 heteroatoms. The number of nitrogens with one attached hydrogen (secondary N) is 2. The fourth-order valence-corrected chi connectivity index (χ4v) is 5.21. The Labute approximate surface area is 206 Å². The molecule has 190 valence electrons. The van der Waals surface area contributed by atoms with Crippen LogP contribution in [-0.2, 0) is 5.41 Å². The molecule has 0 radical (unpaired) electrons. The molecule has 0 aromatic heterocycles. The largest absolute Gasteiger partial charge is 0.492 e. The fraction of sp³-hybridized carbons (Fsp3) is 0.556. The molecule has 3 fully saturated rings. The quantitative estimate of drug-likeness (QED) is 0.539. The lowest BCUT2D eigenvalue weighted by Gasteiger charge is -2.27. The van der Waals surface area contributed by atoms with Gasteiger partial charge >= 0.3 is 0 Å². The van der Waals surface area contributed by atoms with Gasteiger partial charge in [0.05, 0.1) is 5.41 Å². The van der Waals surface area contributed by atoms with Crippen LogP contribution in [0.4, 0.5) is 8.78 Å². The predicted molar refractivity (Wildman–Crippen MR) is 133 cm³/mol. The van der Waals surface area contributed by atoms with Crippen LogP contribution in [0.5, 0.6) is 11.5 Å². The third-order valence-electron chi connectivity index (χ3n) is 7.45. The lowest BCUT2D eigenvalue weighted by Crippen LogP contribution is -2.44. The van der Waals surface area contributed by atoms with Crippen molar-refractivity contribution in [2.24, 2.45) is 0 Å². The van der Waals surface area contributed by atoms with E-state index in [1.54, 1.807) is 24.3 Å². The lowest BCUT2D eigenvalue weighted by atomic mass is 9.87. The van der Waals surface area contributed by atoms with E-state index in [-0.39, 0.29) is 6.42 Å². The summed E-state index contributed by atoms with van der Waals surface area (Å²) in [6, 6.07) is 14.4. The summed E-state index contributed by atoms with van der Waals surface area (Å²) in [7, 11) is 0. The normalized spacial score (nSPS) is 22.0. The summed E-state index contributed by atoms with van der Waals surface area (Å²) in [5.74, 6) is -1.32. The molecule has 2 saturated heterocycles. The van der Waals surface area contributed by atoms with Crippen LogP contribution in [0.3, 0.4) is 0 Å². The zero-order chi connectivity index (χ0) is 24.1. The van der Waals surface area contributed by atoms with Gasteiger partial charge in [-0.1, -0.05) is 24.3 Å². The minimum atomic E-state index is -2.76. The molecule has 1 aliphatic carbocycles. The maximum atomic E-state index is 14.8. The molecular weight excluding hydrogens is 450 g/mol. The molecule has 0 bridgehead atoms. The van der Waals surface area contributed by atoms with Crippen molar-refractivity contribution in [1.82, 2.24) is 20.4 Å². The minimum absolute atomic E-state index is 0.174. The SMILES string of the molecule is FC1(F)CC1(c1ccc(OCCN2CCNCC2)cc1)c1ccc(OCCN2CCNCC2)cc1. The predicted octanol–water partition coefficient (Wildman–Crippen LogP) is 2.58. The second-order valence-electron chi connectivity index (χ2n) is 9.72. The monoisotopic (exact) mass is 486 g/mol. The van der Waals surface area contributed by atoms with Crippen molar-refractivity contribution in [3.05, 3.63) is 59.7 Å². The molecule has 0 spiro atoms. The molecule has 0 unspecified atom stereocenters. The van der Waals surface area contributed by atoms with Gasteiger partial charge in [0, 0.05) is 71.9 Å². The Hall–Kier alpha value is -2.26. The molecule has 5 rings (SSSR count). The smallest absolute Gasteiger partial charge is 0.263 e. The molecule has 2 N–H and O–H groups in total. The Morgan fingerprint density at radius 2 is 1.03 bits per heavy atom. The second-order valence-corrected chi connectivity index (χ2v) is 9.72. The summed E-state index contributed by atoms with van der Waals surface area (Å²) in [5, 5.41) is 6.68. The van der Waals surface area contributed by atoms with Gasteiger partial charge in [0.15, 0.2) is 0 Å². The van der Waals surface area contributed by atoms with Gasteiger partial charge in [0.1, 0.15) is 24.7 Å². The maximum absolute atomic E-state index is 14.8. The highest BCUT2D eigenvalue weighted by Crippen LogP contribution is 2.65. The van der Waals surface area contributed by atoms with E-state index in [1.807, 2.05) is 24.3 Å². The lowest BCUT2D eigenvalue weighted by molar-refractivity contribution is 0.0966. The van der Waals surface area contributed by atoms with E-state index < -0.39 is 11.3 Å². The van der Waals surface area contributed by atoms with E-state index in [9.17, 15) is 8.78 Å². The molecule has 2 aromatic carbocycles. The molecule has 6 nitrogen and oxygen atoms in total. The summed E-state index contributed by atoms with van der Waals surface area (Å²) in [6.07, 6.45) is -0.174. The van der Waals surface area contributed by atoms with E-state index in [0.29, 0.717) is 24.3 Å². The Kier molecular flexibility index (Phi) is 7.53. The van der Waals surface area contributed by atoms with Crippen molar-refractivity contribution in [3.63, 3.8) is 0 Å². The first-order valence-electron chi connectivity index (χ1n) is 12.8. The van der Waals surface area contributed by atoms with Crippen LogP contribution < -0.4 is 20.1 Å². The molecule has 2 heterocycles. The van der Waals surface area contributed by atoms with Crippen molar-refractivity contribution in [2.45, 2.75) is 17.8 Å². The standard InChI is InChI=1S/C27H36F2N4O2/c28-27(29)21-26(27,22-1-5-24(6-2-22)34-19-17-32-13-9-30-10-14-32)23-3-7-25(8-4-23)35-20-18-33-15-11-31-12-16-33/h1-8,30-31H,9-21H2. The van der Waals surface area contributed by atoms with Crippen LogP contribution in [0, 0.1) is 0 Å². The van der Waals surface area contributed by atoms with Gasteiger partial charge < -0.3 is 20.1 Å². The first-order chi connectivity index (χ1) is 17.1. The summed E-state index contributed by atoms with van der Waals surface area (Å²) < 4.78 is 41.3. The van der Waals surface area contributed by atoms with Crippen LogP contribution in [0.2, 0.25) is 0 Å². The highest BCUT2D eigenvalue weighted by atomic mass is 19.3. The molecule has 2 aromatic rings. The van der Waals surface area contributed by atoms with E-state index in [2.05, 4.69) is 20.4 Å². The molecular formula is C27H36F2N4O2. The van der Waals surface area contributed by atoms with Crippen LogP contribution in [0.1, 0.15) is 17.5 Å². The summed E-state index contributed by atoms with van der Waals surface area (Å²) in [5.41, 5.74) is -0.0141. The van der Waals surface area contributed by atoms with Crippen molar-refractivity contribution < 1.29 is 18.3 Å². The molecule has 0 amide bonds. The number of rotatable bonds is 10. The van der Waals surface area contributed by atoms with Gasteiger partial charge in [-0.2, -0.15) is 0 Å². The van der Waals surface area contributed by atoms with Gasteiger partial charge in [0.25, 0.3) is 5.92 Å². The number of halogens is 2. The zero-order valence-electron chi connectivity index (χ0n) is 20.3. The van der Waals surface area contributed by atoms with E-state index in [1.165, 1.54) is 0 Å². The van der Waals surface area contributed by atoms with Gasteiger partial charge in [0.2, 0.25) is 0 Å². The Balaban J connectivity index is 1.17. The van der Waals surface area contributed by atoms with Crippen LogP contribution in [0.25, 0.3) is 0 Å². The number of hydrogen-bond acceptors (Lipinski definition) is 6. The van der Waals surface area contributed by atoms with Gasteiger partial charge in [-0.3, -0.25) is 9.80 Å². The topological polar surface area (TPSA) is 49.0 Å². The Morgan fingerprint density at radius 1 is 0.657 bits per heavy atom. The van der Waals surface area contributed by atoms with Crippen LogP contribution in [-0.4, -0.2) is 94.4 Å². The average molecular weight is 487 g/mol. The average Bonchev–Trinajstić information content (AvgIpc) is 3.49. The number of hydrogen-bond donors (Lipinski definition) is 2. The third-order valence-corrected chi connectivity index (χ3v) is 7.45. The summed E-state index contributed by atoms with van der Waals surface area (Å²) >= 11 is 0. The molecule has 3 aliphatic rings. The molecule has 0 atom stereocenters. The first-order valence-corrected chi connectivity index (χ1v) is 12.8. The second kappa shape index (κ2) is 10.8. The van der Waals surface area contributed by atoms with Crippen molar-refractivity contribution in [1.29, 1.82) is 0 Å². The van der Waals surface area contributed by atoms with Gasteiger partial charge in [-0.15, -0.1) is 0 Å². The maximum Gasteiger partial charge on any atom is 0.263 e. The summed E-state index contributed by atoms with van der Waals surface area (Å²) in [6.45, 7) is 11.1. The number of alkyl halides is 2.